The second-order valence-electron chi connectivity index (χ2n) is 8.82. The van der Waals surface area contributed by atoms with Crippen LogP contribution in [0.1, 0.15) is 38.8 Å². The Labute approximate surface area is 207 Å². The number of hydrogen-bond acceptors (Lipinski definition) is 7. The zero-order chi connectivity index (χ0) is 26.1. The first-order valence-electron chi connectivity index (χ1n) is 11.4. The summed E-state index contributed by atoms with van der Waals surface area (Å²) in [6.07, 6.45) is 0.776. The molecule has 1 unspecified atom stereocenters. The molecular formula is C24H21F3N8O2. The monoisotopic (exact) mass is 510 g/mol. The standard InChI is InChI=1S/C24H21F3N8O2/c1-12-5-16-17(34-11-30-7-18(34)21(28)32-16)6-14(12)23(36)35(29-2)19-10-37-9-15-13(19)3-4-33-20(24(25,26)27)8-31-22(15)33/h3-8,11,19,29H,9-10H2,1-2H3,(H2,28,32). The molecule has 1 atom stereocenters. The molecule has 0 spiro atoms. The summed E-state index contributed by atoms with van der Waals surface area (Å²) in [5.74, 6) is -0.0112. The average molecular weight is 510 g/mol. The molecule has 0 aliphatic carbocycles. The lowest BCUT2D eigenvalue weighted by Crippen LogP contribution is -2.46. The number of anilines is 1. The van der Waals surface area contributed by atoms with Gasteiger partial charge in [-0.15, -0.1) is 0 Å². The first-order chi connectivity index (χ1) is 17.7. The van der Waals surface area contributed by atoms with Crippen LogP contribution in [0.4, 0.5) is 19.0 Å². The molecule has 37 heavy (non-hydrogen) atoms. The number of carbonyl (C=O) groups is 1. The number of rotatable bonds is 3. The van der Waals surface area contributed by atoms with Gasteiger partial charge in [0.15, 0.2) is 0 Å². The number of nitrogens with two attached hydrogens (primary N) is 1. The van der Waals surface area contributed by atoms with Crippen molar-refractivity contribution in [2.45, 2.75) is 25.7 Å². The molecule has 0 fully saturated rings. The van der Waals surface area contributed by atoms with Crippen LogP contribution >= 0.6 is 0 Å². The van der Waals surface area contributed by atoms with Gasteiger partial charge in [-0.05, 0) is 36.2 Å². The summed E-state index contributed by atoms with van der Waals surface area (Å²) in [6, 6.07) is 4.49. The number of amides is 1. The van der Waals surface area contributed by atoms with Crippen LogP contribution < -0.4 is 11.2 Å². The molecule has 0 saturated carbocycles. The van der Waals surface area contributed by atoms with E-state index in [9.17, 15) is 18.0 Å². The van der Waals surface area contributed by atoms with Gasteiger partial charge in [-0.2, -0.15) is 13.2 Å². The number of imidazole rings is 2. The summed E-state index contributed by atoms with van der Waals surface area (Å²) < 4.78 is 48.7. The van der Waals surface area contributed by atoms with Gasteiger partial charge in [0.1, 0.15) is 22.7 Å². The molecule has 1 aliphatic heterocycles. The number of fused-ring (bicyclic) bond motifs is 6. The minimum atomic E-state index is -4.55. The fourth-order valence-electron chi connectivity index (χ4n) is 4.95. The normalized spacial score (nSPS) is 16.0. The van der Waals surface area contributed by atoms with Gasteiger partial charge in [0, 0.05) is 24.4 Å². The quantitative estimate of drug-likeness (QED) is 0.358. The van der Waals surface area contributed by atoms with Crippen LogP contribution in [-0.4, -0.2) is 48.3 Å². The van der Waals surface area contributed by atoms with Gasteiger partial charge in [0.2, 0.25) is 0 Å². The molecular weight excluding hydrogens is 489 g/mol. The third-order valence-electron chi connectivity index (χ3n) is 6.71. The maximum atomic E-state index is 13.9. The number of hydrazine groups is 1. The topological polar surface area (TPSA) is 115 Å². The van der Waals surface area contributed by atoms with Gasteiger partial charge >= 0.3 is 6.18 Å². The third kappa shape index (κ3) is 3.49. The fourth-order valence-corrected chi connectivity index (χ4v) is 4.95. The molecule has 10 nitrogen and oxygen atoms in total. The van der Waals surface area contributed by atoms with E-state index < -0.39 is 17.9 Å². The van der Waals surface area contributed by atoms with Crippen LogP contribution in [0, 0.1) is 6.92 Å². The third-order valence-corrected chi connectivity index (χ3v) is 6.71. The molecule has 5 heterocycles. The second-order valence-corrected chi connectivity index (χ2v) is 8.82. The number of carbonyl (C=O) groups excluding carboxylic acids is 1. The molecule has 13 heteroatoms. The Morgan fingerprint density at radius 2 is 2.05 bits per heavy atom. The number of pyridine rings is 1. The molecule has 1 aliphatic rings. The number of alkyl halides is 3. The summed E-state index contributed by atoms with van der Waals surface area (Å²) in [5.41, 5.74) is 12.4. The van der Waals surface area contributed by atoms with Crippen molar-refractivity contribution in [3.8, 4) is 0 Å². The number of nitrogens with one attached hydrogen (secondary N) is 1. The van der Waals surface area contributed by atoms with Crippen LogP contribution in [-0.2, 0) is 17.5 Å². The number of ether oxygens (including phenoxy) is 1. The number of nitrogen functional groups attached to an aromatic ring is 1. The number of aromatic nitrogens is 5. The summed E-state index contributed by atoms with van der Waals surface area (Å²) in [4.78, 5) is 26.5. The molecule has 5 aromatic rings. The summed E-state index contributed by atoms with van der Waals surface area (Å²) in [6.45, 7) is 2.03. The SMILES string of the molecule is CNN(C(=O)c1cc2c(cc1C)nc(N)c1cncn12)C1COCc2c1ccn1c(C(F)(F)F)cnc21. The lowest BCUT2D eigenvalue weighted by Gasteiger charge is -2.35. The van der Waals surface area contributed by atoms with E-state index in [0.717, 1.165) is 10.6 Å². The van der Waals surface area contributed by atoms with Crippen molar-refractivity contribution in [1.82, 2.24) is 34.2 Å². The number of aryl methyl sites for hydroxylation is 1. The van der Waals surface area contributed by atoms with E-state index in [1.54, 1.807) is 49.1 Å². The number of benzene rings is 1. The van der Waals surface area contributed by atoms with E-state index in [1.165, 1.54) is 11.2 Å². The first kappa shape index (κ1) is 23.2. The van der Waals surface area contributed by atoms with Gasteiger partial charge < -0.3 is 10.5 Å². The van der Waals surface area contributed by atoms with Gasteiger partial charge in [-0.25, -0.2) is 20.4 Å². The minimum absolute atomic E-state index is 0.0803. The van der Waals surface area contributed by atoms with Crippen molar-refractivity contribution < 1.29 is 22.7 Å². The van der Waals surface area contributed by atoms with E-state index in [2.05, 4.69) is 20.4 Å². The van der Waals surface area contributed by atoms with Crippen molar-refractivity contribution in [2.24, 2.45) is 0 Å². The summed E-state index contributed by atoms with van der Waals surface area (Å²) in [7, 11) is 1.61. The molecule has 190 valence electrons. The Morgan fingerprint density at radius 3 is 2.81 bits per heavy atom. The van der Waals surface area contributed by atoms with E-state index in [4.69, 9.17) is 10.5 Å². The van der Waals surface area contributed by atoms with Crippen LogP contribution in [0.2, 0.25) is 0 Å². The first-order valence-corrected chi connectivity index (χ1v) is 11.4. The highest BCUT2D eigenvalue weighted by molar-refractivity contribution is 5.99. The molecule has 0 radical (unpaired) electrons. The average Bonchev–Trinajstić information content (AvgIpc) is 3.52. The second kappa shape index (κ2) is 8.15. The van der Waals surface area contributed by atoms with Gasteiger partial charge in [-0.1, -0.05) is 0 Å². The van der Waals surface area contributed by atoms with Crippen molar-refractivity contribution in [2.75, 3.05) is 19.4 Å². The highest BCUT2D eigenvalue weighted by Crippen LogP contribution is 2.36. The molecule has 1 amide bonds. The summed E-state index contributed by atoms with van der Waals surface area (Å²) >= 11 is 0. The molecule has 6 rings (SSSR count). The smallest absolute Gasteiger partial charge is 0.382 e. The summed E-state index contributed by atoms with van der Waals surface area (Å²) in [5, 5.41) is 1.42. The number of hydrogen-bond donors (Lipinski definition) is 2. The molecule has 1 aromatic carbocycles. The Morgan fingerprint density at radius 1 is 1.24 bits per heavy atom. The Kier molecular flexibility index (Phi) is 5.10. The maximum absolute atomic E-state index is 13.9. The Bertz CT molecular complexity index is 1710. The highest BCUT2D eigenvalue weighted by Gasteiger charge is 2.37. The highest BCUT2D eigenvalue weighted by atomic mass is 19.4. The van der Waals surface area contributed by atoms with Crippen LogP contribution in [0.25, 0.3) is 22.2 Å². The molecule has 0 saturated heterocycles. The van der Waals surface area contributed by atoms with Crippen LogP contribution in [0.3, 0.4) is 0 Å². The Balaban J connectivity index is 1.44. The van der Waals surface area contributed by atoms with E-state index >= 15 is 0 Å². The zero-order valence-corrected chi connectivity index (χ0v) is 19.7. The fraction of sp³-hybridized carbons (Fsp3) is 0.250. The maximum Gasteiger partial charge on any atom is 0.433 e. The van der Waals surface area contributed by atoms with E-state index in [1.807, 2.05) is 0 Å². The minimum Gasteiger partial charge on any atom is -0.382 e. The predicted octanol–water partition coefficient (Wildman–Crippen LogP) is 3.29. The molecule has 4 aromatic heterocycles. The lowest BCUT2D eigenvalue weighted by molar-refractivity contribution is -0.141. The van der Waals surface area contributed by atoms with Gasteiger partial charge in [-0.3, -0.25) is 18.6 Å². The van der Waals surface area contributed by atoms with Crippen LogP contribution in [0.15, 0.2) is 43.1 Å². The molecule has 0 bridgehead atoms. The largest absolute Gasteiger partial charge is 0.433 e. The molecule has 3 N–H and O–H groups in total. The Hall–Kier alpha value is -4.23. The van der Waals surface area contributed by atoms with Gasteiger partial charge in [0.05, 0.1) is 49.0 Å². The number of halogens is 3. The van der Waals surface area contributed by atoms with E-state index in [-0.39, 0.29) is 24.8 Å². The van der Waals surface area contributed by atoms with E-state index in [0.29, 0.717) is 44.6 Å². The lowest BCUT2D eigenvalue weighted by atomic mass is 9.98. The van der Waals surface area contributed by atoms with Gasteiger partial charge in [0.25, 0.3) is 5.91 Å². The van der Waals surface area contributed by atoms with Crippen molar-refractivity contribution in [3.63, 3.8) is 0 Å². The zero-order valence-electron chi connectivity index (χ0n) is 19.7. The van der Waals surface area contributed by atoms with Crippen molar-refractivity contribution in [1.29, 1.82) is 0 Å². The predicted molar refractivity (Wildman–Crippen MR) is 127 cm³/mol. The van der Waals surface area contributed by atoms with Crippen molar-refractivity contribution >= 4 is 33.9 Å². The number of nitrogens with zero attached hydrogens (tertiary/aromatic N) is 6. The van der Waals surface area contributed by atoms with Crippen LogP contribution in [0.5, 0.6) is 0 Å². The van der Waals surface area contributed by atoms with Crippen molar-refractivity contribution in [3.05, 3.63) is 71.1 Å².